The molecule has 0 radical (unpaired) electrons. The number of rotatable bonds is 6. The monoisotopic (exact) mass is 327 g/mol. The van der Waals surface area contributed by atoms with E-state index >= 15 is 0 Å². The summed E-state index contributed by atoms with van der Waals surface area (Å²) in [5.41, 5.74) is 0. The summed E-state index contributed by atoms with van der Waals surface area (Å²) in [4.78, 5) is 28.3. The van der Waals surface area contributed by atoms with E-state index in [1.165, 1.54) is 0 Å². The van der Waals surface area contributed by atoms with Gasteiger partial charge in [-0.25, -0.2) is 4.98 Å². The lowest BCUT2D eigenvalue weighted by Gasteiger charge is -2.18. The van der Waals surface area contributed by atoms with E-state index in [1.807, 2.05) is 0 Å². The number of pyridine rings is 1. The van der Waals surface area contributed by atoms with Gasteiger partial charge >= 0.3 is 5.97 Å². The van der Waals surface area contributed by atoms with Crippen molar-refractivity contribution in [2.24, 2.45) is 0 Å². The maximum absolute atomic E-state index is 11.8. The van der Waals surface area contributed by atoms with Gasteiger partial charge in [-0.15, -0.1) is 0 Å². The first-order chi connectivity index (χ1) is 9.04. The third-order valence-corrected chi connectivity index (χ3v) is 3.21. The van der Waals surface area contributed by atoms with Crippen LogP contribution < -0.4 is 5.32 Å². The molecule has 1 aromatic heterocycles. The fourth-order valence-electron chi connectivity index (χ4n) is 1.74. The average molecular weight is 328 g/mol. The maximum atomic E-state index is 11.8. The minimum absolute atomic E-state index is 0.0781. The molecule has 0 atom stereocenters. The predicted octanol–water partition coefficient (Wildman–Crippen LogP) is 1.33. The number of anilines is 1. The number of hydrogen-bond acceptors (Lipinski definition) is 4. The highest BCUT2D eigenvalue weighted by Gasteiger charge is 2.31. The van der Waals surface area contributed by atoms with Crippen LogP contribution in [-0.4, -0.2) is 46.0 Å². The zero-order chi connectivity index (χ0) is 13.8. The highest BCUT2D eigenvalue weighted by atomic mass is 79.9. The van der Waals surface area contributed by atoms with Crippen molar-refractivity contribution >= 4 is 33.6 Å². The summed E-state index contributed by atoms with van der Waals surface area (Å²) in [6, 6.07) is 3.68. The van der Waals surface area contributed by atoms with Crippen LogP contribution in [0.25, 0.3) is 0 Å². The normalized spacial score (nSPS) is 14.4. The molecule has 1 aliphatic carbocycles. The first-order valence-electron chi connectivity index (χ1n) is 5.92. The van der Waals surface area contributed by atoms with E-state index in [1.54, 1.807) is 23.2 Å². The second kappa shape index (κ2) is 6.12. The molecule has 0 spiro atoms. The van der Waals surface area contributed by atoms with Crippen LogP contribution >= 0.6 is 15.9 Å². The summed E-state index contributed by atoms with van der Waals surface area (Å²) in [5, 5.41) is 11.5. The number of aliphatic carboxylic acids is 1. The zero-order valence-electron chi connectivity index (χ0n) is 10.2. The first kappa shape index (κ1) is 14.0. The van der Waals surface area contributed by atoms with Crippen molar-refractivity contribution in [3.63, 3.8) is 0 Å². The van der Waals surface area contributed by atoms with Gasteiger partial charge in [0.2, 0.25) is 5.91 Å². The van der Waals surface area contributed by atoms with Crippen LogP contribution in [0.15, 0.2) is 22.8 Å². The number of nitrogens with zero attached hydrogens (tertiary/aromatic N) is 2. The molecule has 0 aliphatic heterocycles. The maximum Gasteiger partial charge on any atom is 0.317 e. The molecule has 0 unspecified atom stereocenters. The predicted molar refractivity (Wildman–Crippen MR) is 72.8 cm³/mol. The topological polar surface area (TPSA) is 82.5 Å². The highest BCUT2D eigenvalue weighted by molar-refractivity contribution is 9.10. The van der Waals surface area contributed by atoms with Gasteiger partial charge in [0, 0.05) is 16.7 Å². The molecular weight excluding hydrogens is 314 g/mol. The molecule has 1 heterocycles. The van der Waals surface area contributed by atoms with Crippen LogP contribution in [0.4, 0.5) is 5.82 Å². The van der Waals surface area contributed by atoms with Crippen LogP contribution in [0.5, 0.6) is 0 Å². The second-order valence-corrected chi connectivity index (χ2v) is 5.36. The van der Waals surface area contributed by atoms with E-state index in [0.717, 1.165) is 17.3 Å². The summed E-state index contributed by atoms with van der Waals surface area (Å²) >= 11 is 3.26. The molecule has 1 fully saturated rings. The Balaban J connectivity index is 1.88. The molecule has 19 heavy (non-hydrogen) atoms. The molecule has 6 nitrogen and oxygen atoms in total. The number of carbonyl (C=O) groups excluding carboxylic acids is 1. The minimum atomic E-state index is -0.915. The molecule has 0 saturated heterocycles. The smallest absolute Gasteiger partial charge is 0.317 e. The summed E-state index contributed by atoms with van der Waals surface area (Å²) in [7, 11) is 0. The molecule has 1 saturated carbocycles. The van der Waals surface area contributed by atoms with Gasteiger partial charge in [-0.1, -0.05) is 0 Å². The van der Waals surface area contributed by atoms with Crippen molar-refractivity contribution in [2.45, 2.75) is 18.9 Å². The largest absolute Gasteiger partial charge is 0.480 e. The number of carboxylic acids is 1. The van der Waals surface area contributed by atoms with Crippen molar-refractivity contribution in [3.8, 4) is 0 Å². The van der Waals surface area contributed by atoms with Gasteiger partial charge in [0.15, 0.2) is 0 Å². The molecule has 0 aromatic carbocycles. The number of hydrogen-bond donors (Lipinski definition) is 2. The van der Waals surface area contributed by atoms with Gasteiger partial charge in [0.05, 0.1) is 13.1 Å². The van der Waals surface area contributed by atoms with Gasteiger partial charge in [-0.3, -0.25) is 14.5 Å². The van der Waals surface area contributed by atoms with E-state index in [4.69, 9.17) is 5.11 Å². The molecule has 102 valence electrons. The number of aromatic nitrogens is 1. The number of amides is 1. The average Bonchev–Trinajstić information content (AvgIpc) is 3.14. The zero-order valence-corrected chi connectivity index (χ0v) is 11.8. The fourth-order valence-corrected chi connectivity index (χ4v) is 1.98. The Bertz CT molecular complexity index is 474. The Hall–Kier alpha value is -1.47. The summed E-state index contributed by atoms with van der Waals surface area (Å²) < 4.78 is 0.830. The van der Waals surface area contributed by atoms with Gasteiger partial charge in [0.25, 0.3) is 0 Å². The molecule has 1 aliphatic rings. The van der Waals surface area contributed by atoms with Gasteiger partial charge in [0.1, 0.15) is 5.82 Å². The lowest BCUT2D eigenvalue weighted by Crippen LogP contribution is -2.38. The van der Waals surface area contributed by atoms with Crippen molar-refractivity contribution in [1.29, 1.82) is 0 Å². The number of carbonyl (C=O) groups is 2. The SMILES string of the molecule is O=C(O)CN(CC(=O)Nc1ccc(Br)cn1)C1CC1. The molecule has 1 aromatic rings. The standard InChI is InChI=1S/C12H14BrN3O3/c13-8-1-4-10(14-5-8)15-11(17)6-16(7-12(18)19)9-2-3-9/h1,4-5,9H,2-3,6-7H2,(H,18,19)(H,14,15,17). The van der Waals surface area contributed by atoms with Crippen molar-refractivity contribution in [2.75, 3.05) is 18.4 Å². The van der Waals surface area contributed by atoms with E-state index in [0.29, 0.717) is 5.82 Å². The molecule has 2 rings (SSSR count). The summed E-state index contributed by atoms with van der Waals surface area (Å²) in [5.74, 6) is -0.705. The van der Waals surface area contributed by atoms with Crippen LogP contribution in [0, 0.1) is 0 Å². The van der Waals surface area contributed by atoms with E-state index in [2.05, 4.69) is 26.2 Å². The summed E-state index contributed by atoms with van der Waals surface area (Å²) in [6.07, 6.45) is 3.50. The number of nitrogens with one attached hydrogen (secondary N) is 1. The summed E-state index contributed by atoms with van der Waals surface area (Å²) in [6.45, 7) is -0.0272. The Morgan fingerprint density at radius 3 is 2.68 bits per heavy atom. The number of carboxylic acid groups (broad SMARTS) is 1. The molecular formula is C12H14BrN3O3. The van der Waals surface area contributed by atoms with Crippen molar-refractivity contribution < 1.29 is 14.7 Å². The molecule has 2 N–H and O–H groups in total. The van der Waals surface area contributed by atoms with Crippen LogP contribution in [0.3, 0.4) is 0 Å². The lowest BCUT2D eigenvalue weighted by atomic mass is 10.4. The molecule has 0 bridgehead atoms. The Kier molecular flexibility index (Phi) is 4.49. The highest BCUT2D eigenvalue weighted by Crippen LogP contribution is 2.26. The van der Waals surface area contributed by atoms with Gasteiger partial charge in [-0.2, -0.15) is 0 Å². The van der Waals surface area contributed by atoms with Crippen LogP contribution in [-0.2, 0) is 9.59 Å². The Morgan fingerprint density at radius 2 is 2.16 bits per heavy atom. The van der Waals surface area contributed by atoms with E-state index in [9.17, 15) is 9.59 Å². The second-order valence-electron chi connectivity index (χ2n) is 4.44. The van der Waals surface area contributed by atoms with E-state index in [-0.39, 0.29) is 25.0 Å². The van der Waals surface area contributed by atoms with E-state index < -0.39 is 5.97 Å². The third-order valence-electron chi connectivity index (χ3n) is 2.74. The van der Waals surface area contributed by atoms with Gasteiger partial charge < -0.3 is 10.4 Å². The van der Waals surface area contributed by atoms with Crippen LogP contribution in [0.1, 0.15) is 12.8 Å². The van der Waals surface area contributed by atoms with Crippen LogP contribution in [0.2, 0.25) is 0 Å². The first-order valence-corrected chi connectivity index (χ1v) is 6.71. The Labute approximate surface area is 118 Å². The lowest BCUT2D eigenvalue weighted by molar-refractivity contribution is -0.138. The van der Waals surface area contributed by atoms with Gasteiger partial charge in [-0.05, 0) is 40.9 Å². The molecule has 1 amide bonds. The molecule has 7 heteroatoms. The Morgan fingerprint density at radius 1 is 1.42 bits per heavy atom. The fraction of sp³-hybridized carbons (Fsp3) is 0.417. The van der Waals surface area contributed by atoms with Crippen molar-refractivity contribution in [1.82, 2.24) is 9.88 Å². The van der Waals surface area contributed by atoms with Crippen molar-refractivity contribution in [3.05, 3.63) is 22.8 Å². The minimum Gasteiger partial charge on any atom is -0.480 e. The quantitative estimate of drug-likeness (QED) is 0.823. The third kappa shape index (κ3) is 4.60. The number of halogens is 1.